The van der Waals surface area contributed by atoms with Crippen molar-refractivity contribution in [2.75, 3.05) is 12.4 Å². The van der Waals surface area contributed by atoms with Crippen LogP contribution in [0.3, 0.4) is 0 Å². The Kier molecular flexibility index (Phi) is 4.94. The van der Waals surface area contributed by atoms with Crippen molar-refractivity contribution < 1.29 is 13.9 Å². The summed E-state index contributed by atoms with van der Waals surface area (Å²) in [7, 11) is 1.32. The molecule has 0 aliphatic carbocycles. The van der Waals surface area contributed by atoms with Crippen molar-refractivity contribution in [1.82, 2.24) is 14.6 Å². The van der Waals surface area contributed by atoms with E-state index in [1.165, 1.54) is 30.9 Å². The highest BCUT2D eigenvalue weighted by Gasteiger charge is 2.18. The molecule has 12 heteroatoms. The number of carbonyl (C=O) groups is 1. The molecule has 0 atom stereocenters. The molecule has 0 unspecified atom stereocenters. The molecule has 0 aliphatic rings. The van der Waals surface area contributed by atoms with E-state index >= 15 is 0 Å². The minimum atomic E-state index is -0.772. The maximum atomic E-state index is 12.2. The number of amides is 1. The number of hydrogen-bond donors (Lipinski definition) is 1. The average Bonchev–Trinajstić information content (AvgIpc) is 3.15. The summed E-state index contributed by atoms with van der Waals surface area (Å²) in [4.78, 5) is 24.5. The molecule has 0 saturated heterocycles. The standard InChI is InChI=1S/C12H6BrClN4O4S2/c1-21-7-4(13)2-6(22-11(7)20)9(19)16-12-18-17-10(23-12)8-5(14)3-15-24-8/h2-3H,1H3,(H,16,18,19). The molecule has 1 amide bonds. The zero-order chi connectivity index (χ0) is 17.3. The van der Waals surface area contributed by atoms with E-state index in [1.54, 1.807) is 0 Å². The molecule has 0 radical (unpaired) electrons. The van der Waals surface area contributed by atoms with E-state index in [0.717, 1.165) is 11.3 Å². The van der Waals surface area contributed by atoms with Gasteiger partial charge in [-0.3, -0.25) is 10.1 Å². The van der Waals surface area contributed by atoms with E-state index in [1.807, 2.05) is 0 Å². The number of nitrogens with one attached hydrogen (secondary N) is 1. The summed E-state index contributed by atoms with van der Waals surface area (Å²) in [6, 6.07) is 1.33. The SMILES string of the molecule is COc1c(Br)cc(C(=O)Nc2nnc(-c3sncc3Cl)s2)oc1=O. The zero-order valence-corrected chi connectivity index (χ0v) is 15.7. The summed E-state index contributed by atoms with van der Waals surface area (Å²) in [5.74, 6) is -0.863. The van der Waals surface area contributed by atoms with Crippen molar-refractivity contribution in [3.63, 3.8) is 0 Å². The number of anilines is 1. The van der Waals surface area contributed by atoms with Crippen LogP contribution < -0.4 is 15.7 Å². The van der Waals surface area contributed by atoms with Gasteiger partial charge >= 0.3 is 5.63 Å². The molecule has 1 N–H and O–H groups in total. The normalized spacial score (nSPS) is 10.6. The molecule has 3 heterocycles. The van der Waals surface area contributed by atoms with E-state index in [9.17, 15) is 9.59 Å². The lowest BCUT2D eigenvalue weighted by Gasteiger charge is -2.03. The monoisotopic (exact) mass is 448 g/mol. The molecular weight excluding hydrogens is 444 g/mol. The van der Waals surface area contributed by atoms with Gasteiger partial charge in [0.05, 0.1) is 22.8 Å². The zero-order valence-electron chi connectivity index (χ0n) is 11.7. The summed E-state index contributed by atoms with van der Waals surface area (Å²) in [6.07, 6.45) is 1.50. The maximum Gasteiger partial charge on any atom is 0.380 e. The van der Waals surface area contributed by atoms with Crippen LogP contribution in [0.15, 0.2) is 25.9 Å². The number of halogens is 2. The summed E-state index contributed by atoms with van der Waals surface area (Å²) >= 11 is 11.4. The third-order valence-corrected chi connectivity index (χ3v) is 5.44. The van der Waals surface area contributed by atoms with Crippen LogP contribution >= 0.6 is 50.4 Å². The Balaban J connectivity index is 1.82. The first kappa shape index (κ1) is 17.0. The van der Waals surface area contributed by atoms with Crippen LogP contribution in [0.4, 0.5) is 5.13 Å². The molecule has 24 heavy (non-hydrogen) atoms. The number of methoxy groups -OCH3 is 1. The highest BCUT2D eigenvalue weighted by molar-refractivity contribution is 9.10. The van der Waals surface area contributed by atoms with Gasteiger partial charge in [-0.1, -0.05) is 22.9 Å². The largest absolute Gasteiger partial charge is 0.489 e. The highest BCUT2D eigenvalue weighted by atomic mass is 79.9. The lowest BCUT2D eigenvalue weighted by molar-refractivity contribution is 0.0991. The predicted octanol–water partition coefficient (Wildman–Crippen LogP) is 3.29. The van der Waals surface area contributed by atoms with Crippen LogP contribution in [-0.4, -0.2) is 27.6 Å². The van der Waals surface area contributed by atoms with Gasteiger partial charge in [-0.05, 0) is 27.5 Å². The molecular formula is C12H6BrClN4O4S2. The fraction of sp³-hybridized carbons (Fsp3) is 0.0833. The molecule has 0 spiro atoms. The van der Waals surface area contributed by atoms with Gasteiger partial charge in [-0.15, -0.1) is 10.2 Å². The van der Waals surface area contributed by atoms with Crippen molar-refractivity contribution in [2.45, 2.75) is 0 Å². The van der Waals surface area contributed by atoms with Gasteiger partial charge in [0.2, 0.25) is 10.9 Å². The van der Waals surface area contributed by atoms with E-state index in [4.69, 9.17) is 20.8 Å². The van der Waals surface area contributed by atoms with Crippen molar-refractivity contribution in [1.29, 1.82) is 0 Å². The Morgan fingerprint density at radius 2 is 2.25 bits per heavy atom. The van der Waals surface area contributed by atoms with Crippen molar-refractivity contribution in [3.8, 4) is 15.6 Å². The van der Waals surface area contributed by atoms with Crippen molar-refractivity contribution >= 4 is 61.4 Å². The van der Waals surface area contributed by atoms with Crippen LogP contribution in [0.25, 0.3) is 9.88 Å². The smallest absolute Gasteiger partial charge is 0.380 e. The number of ether oxygens (including phenoxy) is 1. The quantitative estimate of drug-likeness (QED) is 0.651. The minimum Gasteiger partial charge on any atom is -0.489 e. The number of carbonyl (C=O) groups excluding carboxylic acids is 1. The molecule has 124 valence electrons. The lowest BCUT2D eigenvalue weighted by Crippen LogP contribution is -2.15. The molecule has 3 aromatic rings. The third-order valence-electron chi connectivity index (χ3n) is 2.66. The number of aromatic nitrogens is 3. The molecule has 8 nitrogen and oxygen atoms in total. The van der Waals surface area contributed by atoms with E-state index in [-0.39, 0.29) is 16.6 Å². The third kappa shape index (κ3) is 3.34. The molecule has 0 aromatic carbocycles. The van der Waals surface area contributed by atoms with Crippen LogP contribution in [0.1, 0.15) is 10.6 Å². The molecule has 0 fully saturated rings. The average molecular weight is 450 g/mol. The first-order valence-corrected chi connectivity index (χ1v) is 8.88. The number of rotatable bonds is 4. The van der Waals surface area contributed by atoms with Gasteiger partial charge in [0, 0.05) is 6.07 Å². The van der Waals surface area contributed by atoms with Crippen LogP contribution in [0.2, 0.25) is 5.02 Å². The second-order valence-corrected chi connectivity index (χ2v) is 7.19. The Bertz CT molecular complexity index is 970. The first-order chi connectivity index (χ1) is 11.5. The second kappa shape index (κ2) is 6.97. The number of nitrogens with zero attached hydrogens (tertiary/aromatic N) is 3. The Hall–Kier alpha value is -1.82. The van der Waals surface area contributed by atoms with Gasteiger partial charge in [-0.2, -0.15) is 4.37 Å². The van der Waals surface area contributed by atoms with Crippen molar-refractivity contribution in [2.24, 2.45) is 0 Å². The van der Waals surface area contributed by atoms with Gasteiger partial charge in [-0.25, -0.2) is 4.79 Å². The van der Waals surface area contributed by atoms with E-state index < -0.39 is 11.5 Å². The molecule has 0 saturated carbocycles. The first-order valence-electron chi connectivity index (χ1n) is 6.12. The maximum absolute atomic E-state index is 12.2. The molecule has 3 aromatic heterocycles. The van der Waals surface area contributed by atoms with Crippen LogP contribution in [-0.2, 0) is 0 Å². The van der Waals surface area contributed by atoms with E-state index in [2.05, 4.69) is 35.8 Å². The Morgan fingerprint density at radius 1 is 1.46 bits per heavy atom. The topological polar surface area (TPSA) is 107 Å². The van der Waals surface area contributed by atoms with E-state index in [0.29, 0.717) is 19.4 Å². The number of hydrogen-bond acceptors (Lipinski definition) is 9. The Labute approximate surface area is 155 Å². The lowest BCUT2D eigenvalue weighted by atomic mass is 10.3. The van der Waals surface area contributed by atoms with Gasteiger partial charge in [0.25, 0.3) is 5.91 Å². The summed E-state index contributed by atoms with van der Waals surface area (Å²) < 4.78 is 14.0. The summed E-state index contributed by atoms with van der Waals surface area (Å²) in [6.45, 7) is 0. The van der Waals surface area contributed by atoms with Crippen LogP contribution in [0, 0.1) is 0 Å². The fourth-order valence-electron chi connectivity index (χ4n) is 1.64. The molecule has 0 bridgehead atoms. The highest BCUT2D eigenvalue weighted by Crippen LogP contribution is 2.34. The molecule has 3 rings (SSSR count). The summed E-state index contributed by atoms with van der Waals surface area (Å²) in [5, 5.41) is 11.5. The fourth-order valence-corrected chi connectivity index (χ4v) is 3.98. The Morgan fingerprint density at radius 3 is 2.88 bits per heavy atom. The van der Waals surface area contributed by atoms with Gasteiger partial charge in [0.15, 0.2) is 10.8 Å². The van der Waals surface area contributed by atoms with Crippen LogP contribution in [0.5, 0.6) is 5.75 Å². The summed E-state index contributed by atoms with van der Waals surface area (Å²) in [5.41, 5.74) is -0.772. The second-order valence-electron chi connectivity index (χ2n) is 4.15. The van der Waals surface area contributed by atoms with Crippen molar-refractivity contribution in [3.05, 3.63) is 37.9 Å². The van der Waals surface area contributed by atoms with Gasteiger partial charge in [0.1, 0.15) is 4.88 Å². The predicted molar refractivity (Wildman–Crippen MR) is 93.2 cm³/mol. The van der Waals surface area contributed by atoms with Gasteiger partial charge < -0.3 is 9.15 Å². The molecule has 0 aliphatic heterocycles. The minimum absolute atomic E-state index is 0.0235.